The predicted molar refractivity (Wildman–Crippen MR) is 190 cm³/mol. The largest absolute Gasteiger partial charge is 0.383 e. The number of nitrogen functional groups attached to an aromatic ring is 1. The Balaban J connectivity index is 1.08. The zero-order valence-corrected chi connectivity index (χ0v) is 28.5. The molecule has 1 aromatic carbocycles. The van der Waals surface area contributed by atoms with Gasteiger partial charge in [0, 0.05) is 61.8 Å². The van der Waals surface area contributed by atoms with Gasteiger partial charge in [-0.15, -0.1) is 0 Å². The molecule has 0 radical (unpaired) electrons. The molecule has 0 bridgehead atoms. The molecule has 3 aliphatic rings. The summed E-state index contributed by atoms with van der Waals surface area (Å²) in [6, 6.07) is 16.9. The van der Waals surface area contributed by atoms with Crippen LogP contribution in [0.15, 0.2) is 72.6 Å². The number of carbonyl (C=O) groups is 2. The van der Waals surface area contributed by atoms with Crippen LogP contribution in [0.3, 0.4) is 0 Å². The third-order valence-corrected chi connectivity index (χ3v) is 10.2. The Morgan fingerprint density at radius 2 is 1.82 bits per heavy atom. The minimum atomic E-state index is -0.454. The molecule has 3 N–H and O–H groups in total. The SMILES string of the molecule is CC(C)(C=C(C#N)C(=O)N1CCC[C@H]1Cn1nc(-c2ccc(C(=O)Nc3ccccn3)cc2)c2c(N)nccc21)N1CCN(C2COC2)CC1. The highest BCUT2D eigenvalue weighted by molar-refractivity contribution is 6.05. The summed E-state index contributed by atoms with van der Waals surface area (Å²) < 4.78 is 7.26. The van der Waals surface area contributed by atoms with Gasteiger partial charge in [0.2, 0.25) is 0 Å². The van der Waals surface area contributed by atoms with Crippen LogP contribution in [0.25, 0.3) is 22.2 Å². The number of hydrogen-bond acceptors (Lipinski definition) is 10. The van der Waals surface area contributed by atoms with Gasteiger partial charge >= 0.3 is 0 Å². The molecule has 6 heterocycles. The molecule has 258 valence electrons. The quantitative estimate of drug-likeness (QED) is 0.199. The number of aromatic nitrogens is 4. The van der Waals surface area contributed by atoms with Crippen LogP contribution in [0.4, 0.5) is 11.6 Å². The van der Waals surface area contributed by atoms with E-state index in [1.807, 2.05) is 39.9 Å². The zero-order chi connectivity index (χ0) is 34.8. The van der Waals surface area contributed by atoms with Crippen molar-refractivity contribution in [3.8, 4) is 17.3 Å². The molecule has 0 saturated carbocycles. The lowest BCUT2D eigenvalue weighted by atomic mass is 9.97. The van der Waals surface area contributed by atoms with E-state index < -0.39 is 5.54 Å². The molecule has 3 aromatic heterocycles. The topological polar surface area (TPSA) is 159 Å². The number of nitrogens with one attached hydrogen (secondary N) is 1. The number of rotatable bonds is 9. The van der Waals surface area contributed by atoms with Crippen LogP contribution < -0.4 is 11.1 Å². The number of benzene rings is 1. The minimum Gasteiger partial charge on any atom is -0.383 e. The standard InChI is InChI=1S/C37H42N10O3/c1-37(2,45-18-16-44(17-19-45)29-23-50-24-29)20-27(21-38)36(49)46-15-5-6-28(46)22-47-30-12-14-41-34(39)32(30)33(43-47)25-8-10-26(11-9-25)35(48)42-31-7-3-4-13-40-31/h3-4,7-14,20,28-29H,5-6,15-19,22-24H2,1-2H3,(H2,39,41)(H,40,42,48)/t28-/m0/s1. The molecule has 0 spiro atoms. The Hall–Kier alpha value is -5.16. The smallest absolute Gasteiger partial charge is 0.264 e. The molecule has 0 unspecified atom stereocenters. The summed E-state index contributed by atoms with van der Waals surface area (Å²) in [7, 11) is 0. The van der Waals surface area contributed by atoms with E-state index in [0.717, 1.165) is 63.3 Å². The van der Waals surface area contributed by atoms with Crippen LogP contribution >= 0.6 is 0 Å². The van der Waals surface area contributed by atoms with Gasteiger partial charge in [0.25, 0.3) is 11.8 Å². The summed E-state index contributed by atoms with van der Waals surface area (Å²) in [4.78, 5) is 41.9. The van der Waals surface area contributed by atoms with Gasteiger partial charge in [-0.2, -0.15) is 10.4 Å². The highest BCUT2D eigenvalue weighted by Gasteiger charge is 2.36. The number of likely N-dealkylation sites (tertiary alicyclic amines) is 1. The molecule has 3 saturated heterocycles. The molecule has 50 heavy (non-hydrogen) atoms. The molecule has 3 aliphatic heterocycles. The fraction of sp³-hybridized carbons (Fsp3) is 0.405. The molecular weight excluding hydrogens is 632 g/mol. The van der Waals surface area contributed by atoms with Crippen molar-refractivity contribution in [3.63, 3.8) is 0 Å². The van der Waals surface area contributed by atoms with Gasteiger partial charge in [0.05, 0.1) is 42.7 Å². The van der Waals surface area contributed by atoms with Gasteiger partial charge in [-0.1, -0.05) is 18.2 Å². The Morgan fingerprint density at radius 1 is 1.04 bits per heavy atom. The van der Waals surface area contributed by atoms with E-state index in [1.165, 1.54) is 0 Å². The van der Waals surface area contributed by atoms with Crippen LogP contribution in [0, 0.1) is 11.3 Å². The summed E-state index contributed by atoms with van der Waals surface area (Å²) in [5.74, 6) is 0.304. The normalized spacial score (nSPS) is 19.3. The van der Waals surface area contributed by atoms with Gasteiger partial charge in [-0.25, -0.2) is 9.97 Å². The molecule has 4 aromatic rings. The maximum absolute atomic E-state index is 14.0. The lowest BCUT2D eigenvalue weighted by Gasteiger charge is -2.46. The second kappa shape index (κ2) is 14.0. The van der Waals surface area contributed by atoms with Crippen molar-refractivity contribution in [1.29, 1.82) is 5.26 Å². The molecule has 3 fully saturated rings. The maximum Gasteiger partial charge on any atom is 0.264 e. The summed E-state index contributed by atoms with van der Waals surface area (Å²) in [6.07, 6.45) is 6.75. The lowest BCUT2D eigenvalue weighted by Crippen LogP contribution is -2.59. The van der Waals surface area contributed by atoms with Crippen LogP contribution in [-0.4, -0.2) is 110 Å². The number of fused-ring (bicyclic) bond motifs is 1. The van der Waals surface area contributed by atoms with E-state index in [-0.39, 0.29) is 23.4 Å². The fourth-order valence-corrected chi connectivity index (χ4v) is 7.23. The summed E-state index contributed by atoms with van der Waals surface area (Å²) in [6.45, 7) is 10.4. The molecule has 7 rings (SSSR count). The van der Waals surface area contributed by atoms with Crippen molar-refractivity contribution in [1.82, 2.24) is 34.4 Å². The summed E-state index contributed by atoms with van der Waals surface area (Å²) in [5.41, 5.74) is 8.82. The van der Waals surface area contributed by atoms with Crippen molar-refractivity contribution in [3.05, 3.63) is 78.1 Å². The minimum absolute atomic E-state index is 0.154. The first-order chi connectivity index (χ1) is 24.2. The monoisotopic (exact) mass is 674 g/mol. The van der Waals surface area contributed by atoms with Crippen LogP contribution in [0.5, 0.6) is 0 Å². The highest BCUT2D eigenvalue weighted by atomic mass is 16.5. The molecule has 0 aliphatic carbocycles. The zero-order valence-electron chi connectivity index (χ0n) is 28.5. The van der Waals surface area contributed by atoms with Crippen molar-refractivity contribution in [2.75, 3.05) is 57.0 Å². The Kier molecular flexibility index (Phi) is 9.33. The highest BCUT2D eigenvalue weighted by Crippen LogP contribution is 2.33. The van der Waals surface area contributed by atoms with Crippen LogP contribution in [0.1, 0.15) is 37.0 Å². The number of anilines is 2. The van der Waals surface area contributed by atoms with Crippen molar-refractivity contribution in [2.45, 2.75) is 50.9 Å². The number of ether oxygens (including phenoxy) is 1. The summed E-state index contributed by atoms with van der Waals surface area (Å²) >= 11 is 0. The first-order valence-electron chi connectivity index (χ1n) is 17.2. The number of nitriles is 1. The third kappa shape index (κ3) is 6.69. The second-order valence-corrected chi connectivity index (χ2v) is 13.7. The number of hydrogen-bond donors (Lipinski definition) is 2. The van der Waals surface area contributed by atoms with E-state index in [2.05, 4.69) is 45.0 Å². The van der Waals surface area contributed by atoms with Gasteiger partial charge in [-0.3, -0.25) is 24.1 Å². The van der Waals surface area contributed by atoms with Crippen LogP contribution in [0.2, 0.25) is 0 Å². The number of nitrogens with zero attached hydrogens (tertiary/aromatic N) is 8. The van der Waals surface area contributed by atoms with E-state index in [4.69, 9.17) is 15.6 Å². The van der Waals surface area contributed by atoms with E-state index in [0.29, 0.717) is 47.4 Å². The van der Waals surface area contributed by atoms with Gasteiger partial charge < -0.3 is 20.7 Å². The van der Waals surface area contributed by atoms with E-state index in [9.17, 15) is 14.9 Å². The van der Waals surface area contributed by atoms with E-state index in [1.54, 1.807) is 36.7 Å². The Bertz CT molecular complexity index is 1940. The third-order valence-electron chi connectivity index (χ3n) is 10.2. The maximum atomic E-state index is 14.0. The van der Waals surface area contributed by atoms with Gasteiger partial charge in [-0.05, 0) is 63.1 Å². The number of nitrogens with two attached hydrogens (primary N) is 1. The van der Waals surface area contributed by atoms with Crippen molar-refractivity contribution >= 4 is 34.4 Å². The molecule has 13 heteroatoms. The number of pyridine rings is 2. The molecular formula is C37H42N10O3. The first kappa shape index (κ1) is 33.3. The number of piperazine rings is 1. The number of carbonyl (C=O) groups excluding carboxylic acids is 2. The average molecular weight is 675 g/mol. The van der Waals surface area contributed by atoms with E-state index >= 15 is 0 Å². The van der Waals surface area contributed by atoms with Crippen LogP contribution in [-0.2, 0) is 16.1 Å². The van der Waals surface area contributed by atoms with Gasteiger partial charge in [0.15, 0.2) is 0 Å². The average Bonchev–Trinajstić information content (AvgIpc) is 3.72. The molecule has 2 amide bonds. The van der Waals surface area contributed by atoms with Crippen molar-refractivity contribution < 1.29 is 14.3 Å². The predicted octanol–water partition coefficient (Wildman–Crippen LogP) is 3.56. The van der Waals surface area contributed by atoms with Crippen molar-refractivity contribution in [2.24, 2.45) is 0 Å². The second-order valence-electron chi connectivity index (χ2n) is 13.7. The number of amides is 2. The molecule has 13 nitrogen and oxygen atoms in total. The fourth-order valence-electron chi connectivity index (χ4n) is 7.23. The molecule has 1 atom stereocenters. The Morgan fingerprint density at radius 3 is 2.50 bits per heavy atom. The first-order valence-corrected chi connectivity index (χ1v) is 17.2. The summed E-state index contributed by atoms with van der Waals surface area (Å²) in [5, 5.41) is 18.7. The van der Waals surface area contributed by atoms with Gasteiger partial charge in [0.1, 0.15) is 29.0 Å². The Labute approximate surface area is 291 Å². The lowest BCUT2D eigenvalue weighted by molar-refractivity contribution is -0.127.